The van der Waals surface area contributed by atoms with Gasteiger partial charge in [-0.2, -0.15) is 13.2 Å². The average Bonchev–Trinajstić information content (AvgIpc) is 2.41. The zero-order chi connectivity index (χ0) is 15.5. The minimum absolute atomic E-state index is 0.190. The van der Waals surface area contributed by atoms with Crippen LogP contribution in [0.25, 0.3) is 0 Å². The van der Waals surface area contributed by atoms with E-state index in [1.54, 1.807) is 12.1 Å². The molecule has 6 heteroatoms. The van der Waals surface area contributed by atoms with E-state index in [2.05, 4.69) is 4.74 Å². The van der Waals surface area contributed by atoms with Gasteiger partial charge in [0.1, 0.15) is 11.5 Å². The van der Waals surface area contributed by atoms with Crippen LogP contribution in [0.4, 0.5) is 18.0 Å². The van der Waals surface area contributed by atoms with Gasteiger partial charge in [0.15, 0.2) is 0 Å². The van der Waals surface area contributed by atoms with Crippen molar-refractivity contribution < 1.29 is 27.4 Å². The van der Waals surface area contributed by atoms with Gasteiger partial charge in [0, 0.05) is 0 Å². The van der Waals surface area contributed by atoms with Gasteiger partial charge in [-0.15, -0.1) is 0 Å². The molecule has 0 radical (unpaired) electrons. The predicted octanol–water partition coefficient (Wildman–Crippen LogP) is 4.59. The topological polar surface area (TPSA) is 35.5 Å². The van der Waals surface area contributed by atoms with Crippen LogP contribution in [0.15, 0.2) is 48.5 Å². The summed E-state index contributed by atoms with van der Waals surface area (Å²) in [7, 11) is 0. The molecule has 0 aromatic heterocycles. The summed E-state index contributed by atoms with van der Waals surface area (Å²) in [5.41, 5.74) is -0.0796. The van der Waals surface area contributed by atoms with Crippen LogP contribution in [-0.2, 0) is 6.18 Å². The van der Waals surface area contributed by atoms with E-state index in [1.165, 1.54) is 24.3 Å². The molecule has 0 heterocycles. The molecule has 0 amide bonds. The summed E-state index contributed by atoms with van der Waals surface area (Å²) in [6.45, 7) is 1.85. The number of halogens is 3. The highest BCUT2D eigenvalue weighted by molar-refractivity contribution is 5.67. The van der Waals surface area contributed by atoms with Crippen LogP contribution in [-0.4, -0.2) is 6.16 Å². The summed E-state index contributed by atoms with van der Waals surface area (Å²) in [5, 5.41) is 0. The second-order valence-electron chi connectivity index (χ2n) is 4.26. The van der Waals surface area contributed by atoms with Crippen molar-refractivity contribution in [3.05, 3.63) is 59.7 Å². The fraction of sp³-hybridized carbons (Fsp3) is 0.133. The number of hydrogen-bond donors (Lipinski definition) is 0. The van der Waals surface area contributed by atoms with Gasteiger partial charge in [-0.25, -0.2) is 4.79 Å². The van der Waals surface area contributed by atoms with Gasteiger partial charge in [0.2, 0.25) is 0 Å². The summed E-state index contributed by atoms with van der Waals surface area (Å²) < 4.78 is 47.7. The van der Waals surface area contributed by atoms with Crippen LogP contribution >= 0.6 is 0 Å². The minimum atomic E-state index is -4.61. The summed E-state index contributed by atoms with van der Waals surface area (Å²) >= 11 is 0. The van der Waals surface area contributed by atoms with Crippen molar-refractivity contribution in [2.75, 3.05) is 0 Å². The van der Waals surface area contributed by atoms with Crippen molar-refractivity contribution in [2.24, 2.45) is 0 Å². The standard InChI is InChI=1S/C15H11F3O3/c1-10-6-8-11(9-7-10)20-14(19)21-13-5-3-2-4-12(13)15(16,17)18/h2-9H,1H3. The maximum atomic E-state index is 12.7. The number of hydrogen-bond acceptors (Lipinski definition) is 3. The molecule has 3 nitrogen and oxygen atoms in total. The third-order valence-electron chi connectivity index (χ3n) is 2.61. The van der Waals surface area contributed by atoms with Crippen LogP contribution in [0.2, 0.25) is 0 Å². The van der Waals surface area contributed by atoms with Crippen molar-refractivity contribution in [1.82, 2.24) is 0 Å². The fourth-order valence-electron chi connectivity index (χ4n) is 1.60. The Bertz CT molecular complexity index is 633. The van der Waals surface area contributed by atoms with E-state index >= 15 is 0 Å². The molecule has 0 unspecified atom stereocenters. The quantitative estimate of drug-likeness (QED) is 0.600. The van der Waals surface area contributed by atoms with E-state index in [4.69, 9.17) is 4.74 Å². The number of benzene rings is 2. The van der Waals surface area contributed by atoms with Gasteiger partial charge in [0.25, 0.3) is 0 Å². The van der Waals surface area contributed by atoms with E-state index < -0.39 is 23.6 Å². The largest absolute Gasteiger partial charge is 0.519 e. The molecule has 0 aliphatic rings. The molecular formula is C15H11F3O3. The van der Waals surface area contributed by atoms with E-state index in [1.807, 2.05) is 6.92 Å². The second kappa shape index (κ2) is 5.87. The summed E-state index contributed by atoms with van der Waals surface area (Å²) in [6, 6.07) is 10.9. The van der Waals surface area contributed by atoms with E-state index in [-0.39, 0.29) is 5.75 Å². The zero-order valence-corrected chi connectivity index (χ0v) is 11.0. The molecular weight excluding hydrogens is 285 g/mol. The van der Waals surface area contributed by atoms with Crippen LogP contribution in [0.5, 0.6) is 11.5 Å². The Morgan fingerprint density at radius 2 is 1.57 bits per heavy atom. The van der Waals surface area contributed by atoms with Gasteiger partial charge in [-0.3, -0.25) is 0 Å². The Morgan fingerprint density at radius 1 is 0.952 bits per heavy atom. The Morgan fingerprint density at radius 3 is 2.19 bits per heavy atom. The Balaban J connectivity index is 2.11. The second-order valence-corrected chi connectivity index (χ2v) is 4.26. The monoisotopic (exact) mass is 296 g/mol. The molecule has 0 spiro atoms. The van der Waals surface area contributed by atoms with Crippen LogP contribution in [0.1, 0.15) is 11.1 Å². The lowest BCUT2D eigenvalue weighted by molar-refractivity contribution is -0.138. The average molecular weight is 296 g/mol. The molecule has 0 atom stereocenters. The molecule has 2 aromatic carbocycles. The van der Waals surface area contributed by atoms with E-state index in [0.717, 1.165) is 17.7 Å². The molecule has 0 bridgehead atoms. The van der Waals surface area contributed by atoms with Crippen LogP contribution in [0.3, 0.4) is 0 Å². The number of carbonyl (C=O) groups is 1. The number of alkyl halides is 3. The molecule has 0 N–H and O–H groups in total. The number of aryl methyl sites for hydroxylation is 1. The summed E-state index contributed by atoms with van der Waals surface area (Å²) in [4.78, 5) is 11.5. The Hall–Kier alpha value is -2.50. The molecule has 2 rings (SSSR count). The summed E-state index contributed by atoms with van der Waals surface area (Å²) in [6.07, 6.45) is -5.84. The Labute approximate surface area is 118 Å². The molecule has 0 saturated heterocycles. The van der Waals surface area contributed by atoms with Crippen molar-refractivity contribution >= 4 is 6.16 Å². The van der Waals surface area contributed by atoms with Gasteiger partial charge in [-0.05, 0) is 31.2 Å². The van der Waals surface area contributed by atoms with Crippen molar-refractivity contribution in [3.8, 4) is 11.5 Å². The summed E-state index contributed by atoms with van der Waals surface area (Å²) in [5.74, 6) is -0.405. The first kappa shape index (κ1) is 14.9. The van der Waals surface area contributed by atoms with Crippen LogP contribution < -0.4 is 9.47 Å². The van der Waals surface area contributed by atoms with Crippen LogP contribution in [0, 0.1) is 6.92 Å². The fourth-order valence-corrected chi connectivity index (χ4v) is 1.60. The maximum absolute atomic E-state index is 12.7. The lowest BCUT2D eigenvalue weighted by Crippen LogP contribution is -2.17. The molecule has 21 heavy (non-hydrogen) atoms. The number of para-hydroxylation sites is 1. The van der Waals surface area contributed by atoms with Gasteiger partial charge < -0.3 is 9.47 Å². The minimum Gasteiger partial charge on any atom is -0.395 e. The molecule has 0 saturated carbocycles. The van der Waals surface area contributed by atoms with Crippen molar-refractivity contribution in [1.29, 1.82) is 0 Å². The number of ether oxygens (including phenoxy) is 2. The predicted molar refractivity (Wildman–Crippen MR) is 69.3 cm³/mol. The third kappa shape index (κ3) is 3.98. The SMILES string of the molecule is Cc1ccc(OC(=O)Oc2ccccc2C(F)(F)F)cc1. The highest BCUT2D eigenvalue weighted by Crippen LogP contribution is 2.36. The smallest absolute Gasteiger partial charge is 0.395 e. The number of carbonyl (C=O) groups excluding carboxylic acids is 1. The molecule has 0 fully saturated rings. The molecule has 0 aliphatic heterocycles. The third-order valence-corrected chi connectivity index (χ3v) is 2.61. The van der Waals surface area contributed by atoms with Gasteiger partial charge in [0.05, 0.1) is 5.56 Å². The molecule has 110 valence electrons. The lowest BCUT2D eigenvalue weighted by Gasteiger charge is -2.12. The highest BCUT2D eigenvalue weighted by atomic mass is 19.4. The molecule has 2 aromatic rings. The highest BCUT2D eigenvalue weighted by Gasteiger charge is 2.34. The maximum Gasteiger partial charge on any atom is 0.519 e. The normalized spacial score (nSPS) is 11.0. The van der Waals surface area contributed by atoms with Crippen molar-refractivity contribution in [2.45, 2.75) is 13.1 Å². The number of rotatable bonds is 2. The van der Waals surface area contributed by atoms with Crippen molar-refractivity contribution in [3.63, 3.8) is 0 Å². The van der Waals surface area contributed by atoms with E-state index in [9.17, 15) is 18.0 Å². The lowest BCUT2D eigenvalue weighted by atomic mass is 10.2. The van der Waals surface area contributed by atoms with Gasteiger partial charge >= 0.3 is 12.3 Å². The van der Waals surface area contributed by atoms with E-state index in [0.29, 0.717) is 0 Å². The Kier molecular flexibility index (Phi) is 4.16. The first-order valence-electron chi connectivity index (χ1n) is 5.99. The molecule has 0 aliphatic carbocycles. The van der Waals surface area contributed by atoms with Gasteiger partial charge in [-0.1, -0.05) is 29.8 Å². The first-order valence-corrected chi connectivity index (χ1v) is 5.99. The first-order chi connectivity index (χ1) is 9.86. The zero-order valence-electron chi connectivity index (χ0n) is 11.0.